The maximum atomic E-state index is 13.1. The van der Waals surface area contributed by atoms with Crippen molar-refractivity contribution in [1.82, 2.24) is 24.5 Å². The highest BCUT2D eigenvalue weighted by Crippen LogP contribution is 2.28. The minimum absolute atomic E-state index is 0.165. The average molecular weight is 371 g/mol. The highest BCUT2D eigenvalue weighted by Gasteiger charge is 2.30. The summed E-state index contributed by atoms with van der Waals surface area (Å²) in [6, 6.07) is 15.1. The number of aromatic amines is 1. The third-order valence-corrected chi connectivity index (χ3v) is 5.06. The second kappa shape index (κ2) is 6.16. The largest absolute Gasteiger partial charge is 0.327 e. The Morgan fingerprint density at radius 2 is 1.86 bits per heavy atom. The van der Waals surface area contributed by atoms with Crippen LogP contribution in [0.25, 0.3) is 16.8 Å². The smallest absolute Gasteiger partial charge is 0.278 e. The number of carbonyl (C=O) groups excluding carboxylic acids is 1. The number of fused-ring (bicyclic) bond motifs is 2. The Morgan fingerprint density at radius 1 is 1.07 bits per heavy atom. The van der Waals surface area contributed by atoms with Crippen LogP contribution in [0.3, 0.4) is 0 Å². The number of nitrogens with one attached hydrogen (secondary N) is 1. The Labute approximate surface area is 160 Å². The van der Waals surface area contributed by atoms with E-state index in [4.69, 9.17) is 4.98 Å². The van der Waals surface area contributed by atoms with E-state index in [9.17, 15) is 9.59 Å². The maximum Gasteiger partial charge on any atom is 0.278 e. The number of aromatic nitrogens is 4. The van der Waals surface area contributed by atoms with Crippen LogP contribution in [0.15, 0.2) is 59.5 Å². The molecule has 4 heterocycles. The van der Waals surface area contributed by atoms with Crippen LogP contribution in [0, 0.1) is 6.92 Å². The quantitative estimate of drug-likeness (QED) is 0.587. The van der Waals surface area contributed by atoms with Gasteiger partial charge in [0, 0.05) is 17.5 Å². The minimum atomic E-state index is -0.203. The first-order chi connectivity index (χ1) is 13.6. The molecule has 0 atom stereocenters. The number of hydrogen-bond donors (Lipinski definition) is 1. The lowest BCUT2D eigenvalue weighted by Gasteiger charge is -2.13. The van der Waals surface area contributed by atoms with Gasteiger partial charge in [-0.3, -0.25) is 19.7 Å². The van der Waals surface area contributed by atoms with E-state index in [1.165, 1.54) is 4.52 Å². The van der Waals surface area contributed by atoms with E-state index >= 15 is 0 Å². The second-order valence-corrected chi connectivity index (χ2v) is 6.86. The number of benzene rings is 1. The molecule has 138 valence electrons. The molecule has 0 saturated carbocycles. The first-order valence-corrected chi connectivity index (χ1v) is 9.02. The molecule has 0 spiro atoms. The van der Waals surface area contributed by atoms with Crippen molar-refractivity contribution >= 4 is 11.6 Å². The molecule has 0 bridgehead atoms. The Hall–Kier alpha value is -3.74. The van der Waals surface area contributed by atoms with Crippen LogP contribution < -0.4 is 5.56 Å². The summed E-state index contributed by atoms with van der Waals surface area (Å²) in [7, 11) is 0. The van der Waals surface area contributed by atoms with Gasteiger partial charge in [-0.15, -0.1) is 0 Å². The molecule has 7 nitrogen and oxygen atoms in total. The van der Waals surface area contributed by atoms with Gasteiger partial charge in [-0.25, -0.2) is 9.50 Å². The van der Waals surface area contributed by atoms with Gasteiger partial charge < -0.3 is 4.90 Å². The molecule has 4 aromatic rings. The lowest BCUT2D eigenvalue weighted by Crippen LogP contribution is -2.27. The minimum Gasteiger partial charge on any atom is -0.327 e. The number of amides is 1. The summed E-state index contributed by atoms with van der Waals surface area (Å²) in [4.78, 5) is 36.3. The molecule has 3 aromatic heterocycles. The monoisotopic (exact) mass is 371 g/mol. The van der Waals surface area contributed by atoms with Crippen molar-refractivity contribution in [2.45, 2.75) is 20.0 Å². The van der Waals surface area contributed by atoms with Crippen LogP contribution >= 0.6 is 0 Å². The number of rotatable bonds is 2. The van der Waals surface area contributed by atoms with Crippen molar-refractivity contribution in [3.8, 4) is 11.1 Å². The Balaban J connectivity index is 1.60. The summed E-state index contributed by atoms with van der Waals surface area (Å²) in [5.74, 6) is -0.203. The molecule has 0 radical (unpaired) electrons. The molecule has 1 aliphatic heterocycles. The molecule has 0 unspecified atom stereocenters. The number of H-pyrrole nitrogens is 1. The number of pyridine rings is 1. The summed E-state index contributed by atoms with van der Waals surface area (Å²) >= 11 is 0. The van der Waals surface area contributed by atoms with Crippen molar-refractivity contribution in [2.24, 2.45) is 0 Å². The highest BCUT2D eigenvalue weighted by atomic mass is 16.2. The maximum absolute atomic E-state index is 13.1. The normalized spacial score (nSPS) is 13.1. The van der Waals surface area contributed by atoms with E-state index in [1.807, 2.05) is 37.3 Å². The standard InChI is InChI=1S/C21H17N5O2/c1-13-18(14-7-3-2-4-8-14)19-23-17-12-25(11-15(17)20(27)26(19)24-13)21(28)16-9-5-6-10-22-16/h2-10,24H,11-12H2,1H3. The molecular formula is C21H17N5O2. The van der Waals surface area contributed by atoms with E-state index in [0.29, 0.717) is 29.1 Å². The van der Waals surface area contributed by atoms with Gasteiger partial charge in [0.2, 0.25) is 0 Å². The van der Waals surface area contributed by atoms with Gasteiger partial charge >= 0.3 is 0 Å². The molecular weight excluding hydrogens is 354 g/mol. The summed E-state index contributed by atoms with van der Waals surface area (Å²) in [6.07, 6.45) is 1.59. The molecule has 5 rings (SSSR count). The number of hydrogen-bond acceptors (Lipinski definition) is 4. The van der Waals surface area contributed by atoms with Crippen LogP contribution in [0.5, 0.6) is 0 Å². The SMILES string of the molecule is Cc1[nH]n2c(=O)c3c(nc2c1-c1ccccc1)CN(C(=O)c1ccccn1)C3. The van der Waals surface area contributed by atoms with Gasteiger partial charge in [-0.05, 0) is 24.6 Å². The third kappa shape index (κ3) is 2.44. The topological polar surface area (TPSA) is 83.4 Å². The molecule has 7 heteroatoms. The van der Waals surface area contributed by atoms with Crippen molar-refractivity contribution in [3.63, 3.8) is 0 Å². The zero-order chi connectivity index (χ0) is 19.3. The molecule has 1 amide bonds. The summed E-state index contributed by atoms with van der Waals surface area (Å²) in [5.41, 5.74) is 4.73. The Bertz CT molecular complexity index is 1260. The van der Waals surface area contributed by atoms with Crippen molar-refractivity contribution in [1.29, 1.82) is 0 Å². The number of nitrogens with zero attached hydrogens (tertiary/aromatic N) is 4. The summed E-state index contributed by atoms with van der Waals surface area (Å²) in [5, 5.41) is 3.13. The van der Waals surface area contributed by atoms with Gasteiger partial charge in [-0.2, -0.15) is 0 Å². The first kappa shape index (κ1) is 16.4. The zero-order valence-corrected chi connectivity index (χ0v) is 15.2. The number of carbonyl (C=O) groups is 1. The van der Waals surface area contributed by atoms with E-state index < -0.39 is 0 Å². The van der Waals surface area contributed by atoms with E-state index in [-0.39, 0.29) is 18.0 Å². The van der Waals surface area contributed by atoms with Crippen molar-refractivity contribution in [2.75, 3.05) is 0 Å². The zero-order valence-electron chi connectivity index (χ0n) is 15.2. The number of aryl methyl sites for hydroxylation is 1. The lowest BCUT2D eigenvalue weighted by molar-refractivity contribution is 0.0744. The van der Waals surface area contributed by atoms with Crippen molar-refractivity contribution < 1.29 is 4.79 Å². The van der Waals surface area contributed by atoms with Crippen molar-refractivity contribution in [3.05, 3.63) is 87.7 Å². The van der Waals surface area contributed by atoms with Crippen LogP contribution in [-0.2, 0) is 13.1 Å². The fourth-order valence-electron chi connectivity index (χ4n) is 3.73. The van der Waals surface area contributed by atoms with Crippen LogP contribution in [0.2, 0.25) is 0 Å². The van der Waals surface area contributed by atoms with Crippen LogP contribution in [-0.4, -0.2) is 30.4 Å². The van der Waals surface area contributed by atoms with E-state index in [1.54, 1.807) is 29.3 Å². The van der Waals surface area contributed by atoms with Gasteiger partial charge in [0.25, 0.3) is 11.5 Å². The Morgan fingerprint density at radius 3 is 2.61 bits per heavy atom. The van der Waals surface area contributed by atoms with E-state index in [2.05, 4.69) is 10.1 Å². The molecule has 1 aliphatic rings. The van der Waals surface area contributed by atoms with Gasteiger partial charge in [0.15, 0.2) is 5.65 Å². The highest BCUT2D eigenvalue weighted by molar-refractivity contribution is 5.92. The second-order valence-electron chi connectivity index (χ2n) is 6.86. The van der Waals surface area contributed by atoms with Gasteiger partial charge in [0.1, 0.15) is 5.69 Å². The molecule has 1 aromatic carbocycles. The molecule has 1 N–H and O–H groups in total. The fraction of sp³-hybridized carbons (Fsp3) is 0.143. The van der Waals surface area contributed by atoms with E-state index in [0.717, 1.165) is 16.8 Å². The fourth-order valence-corrected chi connectivity index (χ4v) is 3.73. The molecule has 28 heavy (non-hydrogen) atoms. The summed E-state index contributed by atoms with van der Waals surface area (Å²) < 4.78 is 1.48. The van der Waals surface area contributed by atoms with Gasteiger partial charge in [-0.1, -0.05) is 36.4 Å². The molecule has 0 saturated heterocycles. The molecule has 0 fully saturated rings. The molecule has 0 aliphatic carbocycles. The summed E-state index contributed by atoms with van der Waals surface area (Å²) in [6.45, 7) is 2.46. The average Bonchev–Trinajstić information content (AvgIpc) is 3.30. The predicted molar refractivity (Wildman–Crippen MR) is 104 cm³/mol. The van der Waals surface area contributed by atoms with Crippen LogP contribution in [0.1, 0.15) is 27.4 Å². The van der Waals surface area contributed by atoms with Gasteiger partial charge in [0.05, 0.1) is 24.3 Å². The first-order valence-electron chi connectivity index (χ1n) is 9.02. The third-order valence-electron chi connectivity index (χ3n) is 5.06. The Kier molecular flexibility index (Phi) is 3.61. The van der Waals surface area contributed by atoms with Crippen LogP contribution in [0.4, 0.5) is 0 Å². The predicted octanol–water partition coefficient (Wildman–Crippen LogP) is 2.55. The lowest BCUT2D eigenvalue weighted by atomic mass is 10.1.